The fourth-order valence-corrected chi connectivity index (χ4v) is 4.37. The number of rotatable bonds is 7. The van der Waals surface area contributed by atoms with Crippen molar-refractivity contribution in [3.8, 4) is 5.75 Å². The van der Waals surface area contributed by atoms with E-state index < -0.39 is 0 Å². The molecule has 1 N–H and O–H groups in total. The molecule has 0 unspecified atom stereocenters. The van der Waals surface area contributed by atoms with Crippen molar-refractivity contribution in [3.05, 3.63) is 45.6 Å². The molecule has 160 valence electrons. The van der Waals surface area contributed by atoms with E-state index in [1.165, 1.54) is 0 Å². The van der Waals surface area contributed by atoms with Crippen LogP contribution in [0.1, 0.15) is 59.2 Å². The summed E-state index contributed by atoms with van der Waals surface area (Å²) < 4.78 is 15.9. The predicted octanol–water partition coefficient (Wildman–Crippen LogP) is 4.58. The SMILES string of the molecule is CNc1c(CC=CC2=C(C(=O)OC=S)CCCCC2)c(OC)c(C)c2c1C(=O)OC2. The zero-order valence-electron chi connectivity index (χ0n) is 17.6. The number of hydrogen-bond donors (Lipinski definition) is 1. The number of hydrogen-bond acceptors (Lipinski definition) is 7. The van der Waals surface area contributed by atoms with Crippen LogP contribution in [0.25, 0.3) is 0 Å². The fourth-order valence-electron chi connectivity index (χ4n) is 4.29. The van der Waals surface area contributed by atoms with Crippen LogP contribution >= 0.6 is 12.2 Å². The van der Waals surface area contributed by atoms with E-state index in [9.17, 15) is 9.59 Å². The van der Waals surface area contributed by atoms with E-state index in [0.29, 0.717) is 24.0 Å². The lowest BCUT2D eigenvalue weighted by Crippen LogP contribution is -2.09. The average molecular weight is 430 g/mol. The van der Waals surface area contributed by atoms with Gasteiger partial charge in [-0.25, -0.2) is 9.59 Å². The van der Waals surface area contributed by atoms with E-state index in [4.69, 9.17) is 14.2 Å². The second-order valence-electron chi connectivity index (χ2n) is 7.36. The van der Waals surface area contributed by atoms with Crippen LogP contribution in [0.5, 0.6) is 5.75 Å². The molecule has 1 aromatic carbocycles. The zero-order valence-corrected chi connectivity index (χ0v) is 18.4. The standard InChI is InChI=1S/C23H27NO5S/c1-14-18-12-28-23(26)19(18)20(24-2)17(21(14)27-3)11-7-9-15-8-5-4-6-10-16(15)22(25)29-13-30/h7,9,13,24H,4-6,8,10-12H2,1-3H3. The molecular formula is C23H27NO5S. The minimum absolute atomic E-state index is 0.263. The van der Waals surface area contributed by atoms with E-state index in [0.717, 1.165) is 64.9 Å². The molecule has 1 heterocycles. The van der Waals surface area contributed by atoms with Gasteiger partial charge in [-0.2, -0.15) is 0 Å². The summed E-state index contributed by atoms with van der Waals surface area (Å²) in [6.45, 7) is 2.21. The number of thiocarbonyl (C=S) groups is 1. The molecule has 2 aliphatic rings. The highest BCUT2D eigenvalue weighted by atomic mass is 32.1. The van der Waals surface area contributed by atoms with Gasteiger partial charge in [0.15, 0.2) is 5.55 Å². The molecule has 0 amide bonds. The third-order valence-electron chi connectivity index (χ3n) is 5.73. The van der Waals surface area contributed by atoms with Gasteiger partial charge in [-0.05, 0) is 62.4 Å². The van der Waals surface area contributed by atoms with Crippen LogP contribution in [-0.4, -0.2) is 31.6 Å². The predicted molar refractivity (Wildman–Crippen MR) is 119 cm³/mol. The Kier molecular flexibility index (Phi) is 7.26. The van der Waals surface area contributed by atoms with Gasteiger partial charge < -0.3 is 19.5 Å². The smallest absolute Gasteiger partial charge is 0.341 e. The van der Waals surface area contributed by atoms with Crippen molar-refractivity contribution in [3.63, 3.8) is 0 Å². The second-order valence-corrected chi connectivity index (χ2v) is 7.56. The Labute approximate surface area is 182 Å². The number of carbonyl (C=O) groups excluding carboxylic acids is 2. The first kappa shape index (κ1) is 22.0. The van der Waals surface area contributed by atoms with Gasteiger partial charge in [0.05, 0.1) is 18.4 Å². The summed E-state index contributed by atoms with van der Waals surface area (Å²) in [5.74, 6) is 0.0643. The maximum absolute atomic E-state index is 12.3. The van der Waals surface area contributed by atoms with Gasteiger partial charge in [-0.3, -0.25) is 0 Å². The zero-order chi connectivity index (χ0) is 21.7. The van der Waals surface area contributed by atoms with Gasteiger partial charge in [0.25, 0.3) is 0 Å². The molecule has 1 aliphatic carbocycles. The van der Waals surface area contributed by atoms with E-state index in [2.05, 4.69) is 17.5 Å². The number of carbonyl (C=O) groups is 2. The summed E-state index contributed by atoms with van der Waals surface area (Å²) in [6.07, 6.45) is 9.13. The van der Waals surface area contributed by atoms with E-state index in [1.807, 2.05) is 19.1 Å². The number of benzene rings is 1. The molecule has 1 aromatic rings. The van der Waals surface area contributed by atoms with Gasteiger partial charge in [-0.15, -0.1) is 0 Å². The third kappa shape index (κ3) is 4.26. The minimum Gasteiger partial charge on any atom is -0.496 e. The van der Waals surface area contributed by atoms with Crippen LogP contribution < -0.4 is 10.1 Å². The molecule has 0 atom stereocenters. The lowest BCUT2D eigenvalue weighted by Gasteiger charge is -2.18. The van der Waals surface area contributed by atoms with Gasteiger partial charge in [0, 0.05) is 23.7 Å². The summed E-state index contributed by atoms with van der Waals surface area (Å²) in [5, 5.41) is 3.15. The number of esters is 2. The fraction of sp³-hybridized carbons (Fsp3) is 0.435. The van der Waals surface area contributed by atoms with E-state index in [1.54, 1.807) is 14.2 Å². The Morgan fingerprint density at radius 3 is 2.73 bits per heavy atom. The Hall–Kier alpha value is -2.67. The maximum Gasteiger partial charge on any atom is 0.341 e. The molecule has 6 nitrogen and oxygen atoms in total. The molecule has 0 saturated carbocycles. The van der Waals surface area contributed by atoms with Crippen LogP contribution in [-0.2, 0) is 27.3 Å². The first-order valence-electron chi connectivity index (χ1n) is 10.1. The third-order valence-corrected chi connectivity index (χ3v) is 5.83. The molecular weight excluding hydrogens is 402 g/mol. The Balaban J connectivity index is 1.98. The number of fused-ring (bicyclic) bond motifs is 1. The normalized spacial score (nSPS) is 16.2. The van der Waals surface area contributed by atoms with Crippen LogP contribution in [0.3, 0.4) is 0 Å². The van der Waals surface area contributed by atoms with Gasteiger partial charge in [0.2, 0.25) is 0 Å². The Bertz CT molecular complexity index is 932. The van der Waals surface area contributed by atoms with Crippen LogP contribution in [0.2, 0.25) is 0 Å². The number of methoxy groups -OCH3 is 1. The topological polar surface area (TPSA) is 73.9 Å². The Morgan fingerprint density at radius 1 is 1.27 bits per heavy atom. The molecule has 3 rings (SSSR count). The molecule has 7 heteroatoms. The van der Waals surface area contributed by atoms with Crippen molar-refractivity contribution in [2.24, 2.45) is 0 Å². The van der Waals surface area contributed by atoms with E-state index >= 15 is 0 Å². The van der Waals surface area contributed by atoms with Crippen molar-refractivity contribution in [2.45, 2.75) is 52.1 Å². The van der Waals surface area contributed by atoms with Gasteiger partial charge >= 0.3 is 11.9 Å². The van der Waals surface area contributed by atoms with Crippen molar-refractivity contribution in [1.82, 2.24) is 0 Å². The number of anilines is 1. The summed E-state index contributed by atoms with van der Waals surface area (Å²) in [4.78, 5) is 24.6. The molecule has 0 fully saturated rings. The Morgan fingerprint density at radius 2 is 2.03 bits per heavy atom. The first-order valence-corrected chi connectivity index (χ1v) is 10.6. The molecule has 0 saturated heterocycles. The van der Waals surface area contributed by atoms with Gasteiger partial charge in [0.1, 0.15) is 12.4 Å². The number of allylic oxidation sites excluding steroid dienone is 3. The monoisotopic (exact) mass is 429 g/mol. The highest BCUT2D eigenvalue weighted by molar-refractivity contribution is 7.78. The number of cyclic esters (lactones) is 1. The molecule has 0 spiro atoms. The number of ether oxygens (including phenoxy) is 3. The second kappa shape index (κ2) is 9.89. The molecule has 0 aromatic heterocycles. The van der Waals surface area contributed by atoms with Crippen LogP contribution in [0, 0.1) is 6.92 Å². The first-order chi connectivity index (χ1) is 14.5. The summed E-state index contributed by atoms with van der Waals surface area (Å²) in [5.41, 5.74) is 6.68. The molecule has 0 radical (unpaired) electrons. The summed E-state index contributed by atoms with van der Waals surface area (Å²) in [7, 11) is 3.42. The van der Waals surface area contributed by atoms with Gasteiger partial charge in [-0.1, -0.05) is 18.6 Å². The average Bonchev–Trinajstić information content (AvgIpc) is 2.97. The van der Waals surface area contributed by atoms with Crippen molar-refractivity contribution in [2.75, 3.05) is 19.5 Å². The molecule has 1 aliphatic heterocycles. The van der Waals surface area contributed by atoms with Crippen LogP contribution in [0.4, 0.5) is 5.69 Å². The maximum atomic E-state index is 12.3. The summed E-state index contributed by atoms with van der Waals surface area (Å²) in [6, 6.07) is 0. The number of nitrogens with one attached hydrogen (secondary N) is 1. The minimum atomic E-state index is -0.365. The highest BCUT2D eigenvalue weighted by Crippen LogP contribution is 2.41. The lowest BCUT2D eigenvalue weighted by molar-refractivity contribution is -0.130. The molecule has 0 bridgehead atoms. The summed E-state index contributed by atoms with van der Waals surface area (Å²) >= 11 is 4.67. The van der Waals surface area contributed by atoms with Crippen molar-refractivity contribution < 1.29 is 23.8 Å². The highest BCUT2D eigenvalue weighted by Gasteiger charge is 2.31. The van der Waals surface area contributed by atoms with Crippen LogP contribution in [0.15, 0.2) is 23.3 Å². The van der Waals surface area contributed by atoms with E-state index in [-0.39, 0.29) is 18.5 Å². The van der Waals surface area contributed by atoms with Crippen molar-refractivity contribution >= 4 is 35.4 Å². The lowest BCUT2D eigenvalue weighted by atomic mass is 9.93. The quantitative estimate of drug-likeness (QED) is 0.502. The molecule has 30 heavy (non-hydrogen) atoms. The largest absolute Gasteiger partial charge is 0.496 e. The van der Waals surface area contributed by atoms with Crippen molar-refractivity contribution in [1.29, 1.82) is 0 Å².